The summed E-state index contributed by atoms with van der Waals surface area (Å²) in [7, 11) is 0. The largest absolute Gasteiger partial charge is 0.481 e. The van der Waals surface area contributed by atoms with Gasteiger partial charge in [-0.3, -0.25) is 9.59 Å². The summed E-state index contributed by atoms with van der Waals surface area (Å²) in [4.78, 5) is 25.2. The predicted molar refractivity (Wildman–Crippen MR) is 90.1 cm³/mol. The topological polar surface area (TPSA) is 77.8 Å². The van der Waals surface area contributed by atoms with Crippen molar-refractivity contribution in [2.75, 3.05) is 6.54 Å². The molecule has 2 atom stereocenters. The number of aliphatic hydroxyl groups excluding tert-OH is 1. The first-order chi connectivity index (χ1) is 11.5. The molecule has 0 aliphatic rings. The highest BCUT2D eigenvalue weighted by atomic mass is 16.4. The van der Waals surface area contributed by atoms with Crippen molar-refractivity contribution in [1.29, 1.82) is 0 Å². The molecular formula is C19H21NO4. The molecule has 126 valence electrons. The minimum atomic E-state index is -1.31. The molecule has 0 saturated carbocycles. The molecule has 0 spiro atoms. The predicted octanol–water partition coefficient (Wildman–Crippen LogP) is 2.47. The normalized spacial score (nSPS) is 13.1. The summed E-state index contributed by atoms with van der Waals surface area (Å²) in [6, 6.07) is 17.9. The van der Waals surface area contributed by atoms with Crippen molar-refractivity contribution in [2.45, 2.75) is 19.6 Å². The number of aliphatic carboxylic acids is 1. The first-order valence-corrected chi connectivity index (χ1v) is 7.77. The summed E-state index contributed by atoms with van der Waals surface area (Å²) in [5.74, 6) is -2.20. The average molecular weight is 327 g/mol. The summed E-state index contributed by atoms with van der Waals surface area (Å²) in [5.41, 5.74) is 1.37. The Morgan fingerprint density at radius 2 is 1.54 bits per heavy atom. The van der Waals surface area contributed by atoms with Gasteiger partial charge in [0, 0.05) is 13.1 Å². The molecule has 0 aliphatic carbocycles. The van der Waals surface area contributed by atoms with Gasteiger partial charge < -0.3 is 15.1 Å². The number of rotatable bonds is 7. The number of carbonyl (C=O) groups is 2. The minimum Gasteiger partial charge on any atom is -0.481 e. The molecule has 0 aliphatic heterocycles. The molecule has 2 N–H and O–H groups in total. The van der Waals surface area contributed by atoms with Gasteiger partial charge in [-0.15, -0.1) is 0 Å². The van der Waals surface area contributed by atoms with Crippen LogP contribution in [-0.4, -0.2) is 33.5 Å². The fourth-order valence-electron chi connectivity index (χ4n) is 2.40. The zero-order valence-electron chi connectivity index (χ0n) is 13.5. The van der Waals surface area contributed by atoms with Gasteiger partial charge in [0.1, 0.15) is 0 Å². The van der Waals surface area contributed by atoms with Gasteiger partial charge in [-0.05, 0) is 11.1 Å². The van der Waals surface area contributed by atoms with E-state index in [0.717, 1.165) is 5.56 Å². The third-order valence-corrected chi connectivity index (χ3v) is 3.79. The zero-order valence-corrected chi connectivity index (χ0v) is 13.5. The highest BCUT2D eigenvalue weighted by Gasteiger charge is 2.26. The van der Waals surface area contributed by atoms with Crippen molar-refractivity contribution in [1.82, 2.24) is 4.90 Å². The Kier molecular flexibility index (Phi) is 6.09. The third kappa shape index (κ3) is 4.67. The van der Waals surface area contributed by atoms with E-state index in [9.17, 15) is 14.7 Å². The van der Waals surface area contributed by atoms with E-state index in [1.807, 2.05) is 30.3 Å². The summed E-state index contributed by atoms with van der Waals surface area (Å²) < 4.78 is 0. The van der Waals surface area contributed by atoms with E-state index in [4.69, 9.17) is 5.11 Å². The fourth-order valence-corrected chi connectivity index (χ4v) is 2.40. The van der Waals surface area contributed by atoms with Crippen LogP contribution in [0.15, 0.2) is 60.7 Å². The summed E-state index contributed by atoms with van der Waals surface area (Å²) in [6.45, 7) is 1.83. The van der Waals surface area contributed by atoms with Crippen LogP contribution in [0.2, 0.25) is 0 Å². The third-order valence-electron chi connectivity index (χ3n) is 3.79. The van der Waals surface area contributed by atoms with E-state index in [-0.39, 0.29) is 13.1 Å². The first-order valence-electron chi connectivity index (χ1n) is 7.77. The quantitative estimate of drug-likeness (QED) is 0.819. The van der Waals surface area contributed by atoms with Gasteiger partial charge in [0.05, 0.1) is 5.92 Å². The average Bonchev–Trinajstić information content (AvgIpc) is 2.61. The second kappa shape index (κ2) is 8.26. The number of carboxylic acid groups (broad SMARTS) is 1. The SMILES string of the molecule is CC(CN(Cc1ccccc1)C(=O)C(O)c1ccccc1)C(=O)O. The van der Waals surface area contributed by atoms with Crippen LogP contribution in [0.25, 0.3) is 0 Å². The number of hydrogen-bond donors (Lipinski definition) is 2. The molecule has 5 nitrogen and oxygen atoms in total. The molecule has 2 aromatic carbocycles. The Morgan fingerprint density at radius 3 is 2.08 bits per heavy atom. The number of carboxylic acids is 1. The lowest BCUT2D eigenvalue weighted by Gasteiger charge is -2.27. The van der Waals surface area contributed by atoms with Gasteiger partial charge >= 0.3 is 5.97 Å². The molecule has 24 heavy (non-hydrogen) atoms. The fraction of sp³-hybridized carbons (Fsp3) is 0.263. The van der Waals surface area contributed by atoms with E-state index >= 15 is 0 Å². The van der Waals surface area contributed by atoms with Crippen molar-refractivity contribution in [3.63, 3.8) is 0 Å². The molecule has 0 radical (unpaired) electrons. The molecule has 0 heterocycles. The van der Waals surface area contributed by atoms with Gasteiger partial charge in [-0.25, -0.2) is 0 Å². The van der Waals surface area contributed by atoms with Crippen molar-refractivity contribution in [2.24, 2.45) is 5.92 Å². The highest BCUT2D eigenvalue weighted by molar-refractivity contribution is 5.82. The van der Waals surface area contributed by atoms with Crippen LogP contribution in [0.3, 0.4) is 0 Å². The first kappa shape index (κ1) is 17.7. The molecule has 5 heteroatoms. The second-order valence-corrected chi connectivity index (χ2v) is 5.76. The molecule has 0 fully saturated rings. The molecule has 2 unspecified atom stereocenters. The molecule has 2 rings (SSSR count). The lowest BCUT2D eigenvalue weighted by Crippen LogP contribution is -2.39. The molecule has 0 aromatic heterocycles. The zero-order chi connectivity index (χ0) is 17.5. The van der Waals surface area contributed by atoms with Gasteiger partial charge in [0.2, 0.25) is 0 Å². The van der Waals surface area contributed by atoms with Gasteiger partial charge in [0.15, 0.2) is 6.10 Å². The maximum Gasteiger partial charge on any atom is 0.308 e. The van der Waals surface area contributed by atoms with E-state index in [0.29, 0.717) is 5.56 Å². The number of benzene rings is 2. The van der Waals surface area contributed by atoms with Gasteiger partial charge in [0.25, 0.3) is 5.91 Å². The Bertz CT molecular complexity index is 672. The summed E-state index contributed by atoms with van der Waals surface area (Å²) in [5, 5.41) is 19.5. The number of carbonyl (C=O) groups excluding carboxylic acids is 1. The van der Waals surface area contributed by atoms with Crippen LogP contribution in [0, 0.1) is 5.92 Å². The maximum absolute atomic E-state index is 12.7. The Hall–Kier alpha value is -2.66. The Labute approximate surface area is 141 Å². The number of nitrogens with zero attached hydrogens (tertiary/aromatic N) is 1. The van der Waals surface area contributed by atoms with Crippen LogP contribution in [0.5, 0.6) is 0 Å². The van der Waals surface area contributed by atoms with E-state index in [1.165, 1.54) is 4.90 Å². The van der Waals surface area contributed by atoms with Crippen molar-refractivity contribution in [3.05, 3.63) is 71.8 Å². The van der Waals surface area contributed by atoms with Gasteiger partial charge in [-0.2, -0.15) is 0 Å². The summed E-state index contributed by atoms with van der Waals surface area (Å²) >= 11 is 0. The van der Waals surface area contributed by atoms with Crippen LogP contribution < -0.4 is 0 Å². The Morgan fingerprint density at radius 1 is 1.00 bits per heavy atom. The highest BCUT2D eigenvalue weighted by Crippen LogP contribution is 2.18. The minimum absolute atomic E-state index is 0.0347. The molecule has 0 saturated heterocycles. The monoisotopic (exact) mass is 327 g/mol. The van der Waals surface area contributed by atoms with Crippen LogP contribution in [0.1, 0.15) is 24.2 Å². The Balaban J connectivity index is 2.20. The standard InChI is InChI=1S/C19H21NO4/c1-14(19(23)24)12-20(13-15-8-4-2-5-9-15)18(22)17(21)16-10-6-3-7-11-16/h2-11,14,17,21H,12-13H2,1H3,(H,23,24). The maximum atomic E-state index is 12.7. The second-order valence-electron chi connectivity index (χ2n) is 5.76. The van der Waals surface area contributed by atoms with E-state index in [1.54, 1.807) is 37.3 Å². The molecule has 0 bridgehead atoms. The number of amides is 1. The molecule has 1 amide bonds. The molecule has 2 aromatic rings. The van der Waals surface area contributed by atoms with Crippen molar-refractivity contribution >= 4 is 11.9 Å². The lowest BCUT2D eigenvalue weighted by molar-refractivity contribution is -0.146. The number of hydrogen-bond acceptors (Lipinski definition) is 3. The van der Waals surface area contributed by atoms with Crippen molar-refractivity contribution < 1.29 is 19.8 Å². The lowest BCUT2D eigenvalue weighted by atomic mass is 10.1. The number of aliphatic hydroxyl groups is 1. The van der Waals surface area contributed by atoms with Crippen LogP contribution in [0.4, 0.5) is 0 Å². The van der Waals surface area contributed by atoms with E-state index < -0.39 is 23.9 Å². The van der Waals surface area contributed by atoms with Crippen molar-refractivity contribution in [3.8, 4) is 0 Å². The smallest absolute Gasteiger partial charge is 0.308 e. The van der Waals surface area contributed by atoms with Gasteiger partial charge in [-0.1, -0.05) is 67.6 Å². The van der Waals surface area contributed by atoms with Crippen LogP contribution in [-0.2, 0) is 16.1 Å². The van der Waals surface area contributed by atoms with E-state index in [2.05, 4.69) is 0 Å². The summed E-state index contributed by atoms with van der Waals surface area (Å²) in [6.07, 6.45) is -1.31. The molecular weight excluding hydrogens is 306 g/mol. The van der Waals surface area contributed by atoms with Crippen LogP contribution >= 0.6 is 0 Å².